The highest BCUT2D eigenvalue weighted by atomic mass is 127. The van der Waals surface area contributed by atoms with E-state index in [2.05, 4.69) is 27.6 Å². The lowest BCUT2D eigenvalue weighted by atomic mass is 10.1. The number of fused-ring (bicyclic) bond motifs is 1. The Balaban J connectivity index is 2.88. The Bertz CT molecular complexity index is 510. The van der Waals surface area contributed by atoms with Crippen LogP contribution in [0.5, 0.6) is 0 Å². The lowest BCUT2D eigenvalue weighted by Gasteiger charge is -2.02. The molecule has 1 aromatic heterocycles. The van der Waals surface area contributed by atoms with E-state index in [-0.39, 0.29) is 0 Å². The smallest absolute Gasteiger partial charge is 0.336 e. The number of carbonyl (C=O) groups is 1. The van der Waals surface area contributed by atoms with E-state index in [1.807, 2.05) is 0 Å². The molecule has 0 aliphatic heterocycles. The zero-order valence-corrected chi connectivity index (χ0v) is 9.22. The number of hydrogen-bond donors (Lipinski definition) is 1. The lowest BCUT2D eigenvalue weighted by molar-refractivity contribution is 0.0699. The number of aromatic carboxylic acids is 1. The summed E-state index contributed by atoms with van der Waals surface area (Å²) in [5.74, 6) is -0.917. The maximum Gasteiger partial charge on any atom is 0.336 e. The number of pyridine rings is 1. The third-order valence-corrected chi connectivity index (χ3v) is 2.82. The van der Waals surface area contributed by atoms with Gasteiger partial charge in [0, 0.05) is 15.2 Å². The Morgan fingerprint density at radius 2 is 2.14 bits per heavy atom. The Hall–Kier alpha value is -1.17. The number of hydrogen-bond acceptors (Lipinski definition) is 2. The standard InChI is InChI=1S/C10H6INO2/c11-8-4-3-7(10(13)14)6-2-1-5-12-9(6)8/h1-5H,(H,13,14). The minimum absolute atomic E-state index is 0.300. The van der Waals surface area contributed by atoms with Gasteiger partial charge in [0.2, 0.25) is 0 Å². The number of aromatic nitrogens is 1. The summed E-state index contributed by atoms with van der Waals surface area (Å²) in [6, 6.07) is 6.88. The normalized spacial score (nSPS) is 10.4. The zero-order valence-electron chi connectivity index (χ0n) is 7.07. The number of halogens is 1. The van der Waals surface area contributed by atoms with Crippen molar-refractivity contribution in [2.45, 2.75) is 0 Å². The highest BCUT2D eigenvalue weighted by Gasteiger charge is 2.09. The van der Waals surface area contributed by atoms with Gasteiger partial charge in [0.25, 0.3) is 0 Å². The first-order valence-electron chi connectivity index (χ1n) is 3.96. The van der Waals surface area contributed by atoms with Crippen molar-refractivity contribution in [3.05, 3.63) is 39.6 Å². The molecule has 0 radical (unpaired) electrons. The summed E-state index contributed by atoms with van der Waals surface area (Å²) in [6.45, 7) is 0. The van der Waals surface area contributed by atoms with Gasteiger partial charge in [0.15, 0.2) is 0 Å². The molecule has 2 aromatic rings. The van der Waals surface area contributed by atoms with Crippen LogP contribution in [0.1, 0.15) is 10.4 Å². The van der Waals surface area contributed by atoms with E-state index in [1.165, 1.54) is 0 Å². The molecular formula is C10H6INO2. The van der Waals surface area contributed by atoms with Crippen molar-refractivity contribution < 1.29 is 9.90 Å². The topological polar surface area (TPSA) is 50.2 Å². The second-order valence-corrected chi connectivity index (χ2v) is 3.96. The molecule has 0 fully saturated rings. The van der Waals surface area contributed by atoms with E-state index < -0.39 is 5.97 Å². The SMILES string of the molecule is O=C(O)c1ccc(I)c2ncccc12. The number of carboxylic acid groups (broad SMARTS) is 1. The van der Waals surface area contributed by atoms with Crippen molar-refractivity contribution in [2.24, 2.45) is 0 Å². The van der Waals surface area contributed by atoms with Crippen molar-refractivity contribution in [1.29, 1.82) is 0 Å². The molecule has 0 atom stereocenters. The predicted molar refractivity (Wildman–Crippen MR) is 61.4 cm³/mol. The molecule has 1 heterocycles. The number of rotatable bonds is 1. The monoisotopic (exact) mass is 299 g/mol. The van der Waals surface area contributed by atoms with Gasteiger partial charge in [-0.05, 0) is 40.8 Å². The molecule has 0 bridgehead atoms. The summed E-state index contributed by atoms with van der Waals surface area (Å²) in [6.07, 6.45) is 1.66. The predicted octanol–water partition coefficient (Wildman–Crippen LogP) is 2.54. The highest BCUT2D eigenvalue weighted by Crippen LogP contribution is 2.21. The largest absolute Gasteiger partial charge is 0.478 e. The summed E-state index contributed by atoms with van der Waals surface area (Å²) in [4.78, 5) is 15.0. The molecular weight excluding hydrogens is 293 g/mol. The first-order valence-corrected chi connectivity index (χ1v) is 5.04. The van der Waals surface area contributed by atoms with Crippen molar-refractivity contribution in [2.75, 3.05) is 0 Å². The summed E-state index contributed by atoms with van der Waals surface area (Å²) in [7, 11) is 0. The molecule has 0 aliphatic carbocycles. The second kappa shape index (κ2) is 3.53. The molecule has 1 N–H and O–H groups in total. The van der Waals surface area contributed by atoms with Crippen LogP contribution in [-0.4, -0.2) is 16.1 Å². The zero-order chi connectivity index (χ0) is 10.1. The van der Waals surface area contributed by atoms with Crippen LogP contribution in [0, 0.1) is 3.57 Å². The molecule has 2 rings (SSSR count). The van der Waals surface area contributed by atoms with Gasteiger partial charge in [-0.15, -0.1) is 0 Å². The third-order valence-electron chi connectivity index (χ3n) is 1.95. The minimum atomic E-state index is -0.917. The fourth-order valence-electron chi connectivity index (χ4n) is 1.32. The molecule has 0 amide bonds. The quantitative estimate of drug-likeness (QED) is 0.823. The average molecular weight is 299 g/mol. The molecule has 1 aromatic carbocycles. The summed E-state index contributed by atoms with van der Waals surface area (Å²) < 4.78 is 0.961. The van der Waals surface area contributed by atoms with Crippen molar-refractivity contribution in [1.82, 2.24) is 4.98 Å². The van der Waals surface area contributed by atoms with Gasteiger partial charge in [-0.2, -0.15) is 0 Å². The first-order chi connectivity index (χ1) is 6.70. The second-order valence-electron chi connectivity index (χ2n) is 2.80. The van der Waals surface area contributed by atoms with Crippen molar-refractivity contribution in [3.8, 4) is 0 Å². The average Bonchev–Trinajstić information content (AvgIpc) is 2.18. The van der Waals surface area contributed by atoms with Crippen LogP contribution in [0.25, 0.3) is 10.9 Å². The molecule has 4 heteroatoms. The molecule has 0 spiro atoms. The number of nitrogens with zero attached hydrogens (tertiary/aromatic N) is 1. The lowest BCUT2D eigenvalue weighted by Crippen LogP contribution is -1.98. The van der Waals surface area contributed by atoms with E-state index in [0.717, 1.165) is 9.09 Å². The fraction of sp³-hybridized carbons (Fsp3) is 0. The van der Waals surface area contributed by atoms with Crippen LogP contribution in [0.4, 0.5) is 0 Å². The van der Waals surface area contributed by atoms with Crippen molar-refractivity contribution >= 4 is 39.5 Å². The van der Waals surface area contributed by atoms with Crippen LogP contribution < -0.4 is 0 Å². The third kappa shape index (κ3) is 1.45. The van der Waals surface area contributed by atoms with E-state index in [9.17, 15) is 4.79 Å². The Kier molecular flexibility index (Phi) is 2.37. The molecule has 0 saturated heterocycles. The van der Waals surface area contributed by atoms with E-state index in [0.29, 0.717) is 10.9 Å². The van der Waals surface area contributed by atoms with Gasteiger partial charge in [0.1, 0.15) is 0 Å². The summed E-state index contributed by atoms with van der Waals surface area (Å²) in [5.41, 5.74) is 1.04. The Labute approximate surface area is 93.9 Å². The molecule has 0 aliphatic rings. The van der Waals surface area contributed by atoms with Crippen LogP contribution >= 0.6 is 22.6 Å². The van der Waals surface area contributed by atoms with E-state index >= 15 is 0 Å². The van der Waals surface area contributed by atoms with Gasteiger partial charge >= 0.3 is 5.97 Å². The summed E-state index contributed by atoms with van der Waals surface area (Å²) >= 11 is 2.14. The molecule has 0 unspecified atom stereocenters. The van der Waals surface area contributed by atoms with Crippen LogP contribution in [0.2, 0.25) is 0 Å². The van der Waals surface area contributed by atoms with Crippen LogP contribution in [0.15, 0.2) is 30.5 Å². The fourth-order valence-corrected chi connectivity index (χ4v) is 1.93. The maximum atomic E-state index is 10.9. The Morgan fingerprint density at radius 3 is 2.86 bits per heavy atom. The van der Waals surface area contributed by atoms with E-state index in [4.69, 9.17) is 5.11 Å². The van der Waals surface area contributed by atoms with E-state index in [1.54, 1.807) is 30.5 Å². The molecule has 0 saturated carbocycles. The van der Waals surface area contributed by atoms with Gasteiger partial charge < -0.3 is 5.11 Å². The maximum absolute atomic E-state index is 10.9. The van der Waals surface area contributed by atoms with Gasteiger partial charge in [-0.3, -0.25) is 4.98 Å². The number of benzene rings is 1. The first kappa shape index (κ1) is 9.39. The van der Waals surface area contributed by atoms with Crippen molar-refractivity contribution in [3.63, 3.8) is 0 Å². The Morgan fingerprint density at radius 1 is 1.36 bits per heavy atom. The summed E-state index contributed by atoms with van der Waals surface area (Å²) in [5, 5.41) is 9.63. The molecule has 14 heavy (non-hydrogen) atoms. The van der Waals surface area contributed by atoms with Crippen LogP contribution in [0.3, 0.4) is 0 Å². The minimum Gasteiger partial charge on any atom is -0.478 e. The molecule has 70 valence electrons. The van der Waals surface area contributed by atoms with Crippen LogP contribution in [-0.2, 0) is 0 Å². The van der Waals surface area contributed by atoms with Gasteiger partial charge in [-0.25, -0.2) is 4.79 Å². The molecule has 3 nitrogen and oxygen atoms in total. The highest BCUT2D eigenvalue weighted by molar-refractivity contribution is 14.1. The van der Waals surface area contributed by atoms with Gasteiger partial charge in [-0.1, -0.05) is 6.07 Å². The van der Waals surface area contributed by atoms with Gasteiger partial charge in [0.05, 0.1) is 11.1 Å². The number of carboxylic acids is 1.